The number of rotatable bonds is 4. The molecule has 0 aliphatic rings. The minimum Gasteiger partial charge on any atom is -0.504 e. The fourth-order valence-corrected chi connectivity index (χ4v) is 1.79. The van der Waals surface area contributed by atoms with Crippen LogP contribution in [0.5, 0.6) is 11.5 Å². The molecule has 1 aromatic carbocycles. The fourth-order valence-electron chi connectivity index (χ4n) is 1.79. The number of phenols is 1. The maximum atomic E-state index is 12.2. The van der Waals surface area contributed by atoms with Crippen molar-refractivity contribution in [2.75, 3.05) is 14.1 Å². The molecule has 0 fully saturated rings. The molecule has 0 spiro atoms. The summed E-state index contributed by atoms with van der Waals surface area (Å²) in [4.78, 5) is 13.0. The number of benzene rings is 1. The molecule has 2 rings (SSSR count). The molecule has 0 aliphatic carbocycles. The normalized spacial score (nSPS) is 11.3. The van der Waals surface area contributed by atoms with E-state index in [1.54, 1.807) is 20.3 Å². The number of phenolic OH excluding ortho intramolecular Hbond substituents is 1. The molecule has 1 heterocycles. The van der Waals surface area contributed by atoms with Gasteiger partial charge in [0.15, 0.2) is 11.5 Å². The number of likely N-dealkylation sites (N-methyl/N-ethyl adjacent to an activating group) is 1. The predicted octanol–water partition coefficient (Wildman–Crippen LogP) is 2.24. The first kappa shape index (κ1) is 16.7. The average Bonchev–Trinajstić information content (AvgIpc) is 2.88. The maximum Gasteiger partial charge on any atom is 0.573 e. The van der Waals surface area contributed by atoms with Crippen molar-refractivity contribution >= 4 is 5.91 Å². The van der Waals surface area contributed by atoms with Gasteiger partial charge in [0.25, 0.3) is 0 Å². The van der Waals surface area contributed by atoms with E-state index in [0.29, 0.717) is 11.1 Å². The zero-order chi connectivity index (χ0) is 17.2. The van der Waals surface area contributed by atoms with E-state index in [4.69, 9.17) is 0 Å². The van der Waals surface area contributed by atoms with Crippen LogP contribution in [-0.2, 0) is 11.3 Å². The first-order valence-electron chi connectivity index (χ1n) is 6.47. The number of nitrogens with zero attached hydrogens (tertiary/aromatic N) is 3. The lowest BCUT2D eigenvalue weighted by molar-refractivity contribution is -0.275. The van der Waals surface area contributed by atoms with Crippen molar-refractivity contribution in [2.24, 2.45) is 0 Å². The number of ether oxygens (including phenoxy) is 1. The van der Waals surface area contributed by atoms with Gasteiger partial charge < -0.3 is 14.7 Å². The second-order valence-corrected chi connectivity index (χ2v) is 4.95. The van der Waals surface area contributed by atoms with Crippen LogP contribution < -0.4 is 4.74 Å². The Kier molecular flexibility index (Phi) is 4.48. The second-order valence-electron chi connectivity index (χ2n) is 4.95. The molecule has 0 saturated carbocycles. The molecule has 0 aliphatic heterocycles. The third kappa shape index (κ3) is 4.38. The Balaban J connectivity index is 2.18. The third-order valence-corrected chi connectivity index (χ3v) is 2.95. The zero-order valence-corrected chi connectivity index (χ0v) is 12.3. The summed E-state index contributed by atoms with van der Waals surface area (Å²) < 4.78 is 41.5. The number of alkyl halides is 3. The summed E-state index contributed by atoms with van der Waals surface area (Å²) in [6, 6.07) is 3.51. The van der Waals surface area contributed by atoms with Gasteiger partial charge in [0.1, 0.15) is 6.54 Å². The van der Waals surface area contributed by atoms with Crippen molar-refractivity contribution in [1.82, 2.24) is 14.7 Å². The van der Waals surface area contributed by atoms with E-state index < -0.39 is 17.9 Å². The van der Waals surface area contributed by atoms with Crippen LogP contribution in [0.3, 0.4) is 0 Å². The van der Waals surface area contributed by atoms with Crippen molar-refractivity contribution in [3.05, 3.63) is 30.6 Å². The highest BCUT2D eigenvalue weighted by Gasteiger charge is 2.32. The summed E-state index contributed by atoms with van der Waals surface area (Å²) in [7, 11) is 3.23. The van der Waals surface area contributed by atoms with Crippen LogP contribution >= 0.6 is 0 Å². The number of amides is 1. The van der Waals surface area contributed by atoms with E-state index >= 15 is 0 Å². The van der Waals surface area contributed by atoms with E-state index in [1.807, 2.05) is 0 Å². The quantitative estimate of drug-likeness (QED) is 0.934. The first-order chi connectivity index (χ1) is 10.7. The van der Waals surface area contributed by atoms with Gasteiger partial charge in [-0.2, -0.15) is 5.10 Å². The standard InChI is InChI=1S/C14H14F3N3O3/c1-19(2)13(22)8-20-7-10(6-18-20)9-3-4-12(11(21)5-9)23-14(15,16)17/h3-7,21H,8H2,1-2H3. The molecule has 0 unspecified atom stereocenters. The van der Waals surface area contributed by atoms with Crippen LogP contribution in [0.2, 0.25) is 0 Å². The fraction of sp³-hybridized carbons (Fsp3) is 0.286. The van der Waals surface area contributed by atoms with E-state index in [2.05, 4.69) is 9.84 Å². The highest BCUT2D eigenvalue weighted by atomic mass is 19.4. The maximum absolute atomic E-state index is 12.2. The second kappa shape index (κ2) is 6.19. The van der Waals surface area contributed by atoms with E-state index in [9.17, 15) is 23.1 Å². The molecule has 0 saturated heterocycles. The summed E-state index contributed by atoms with van der Waals surface area (Å²) in [6.45, 7) is 0.0360. The summed E-state index contributed by atoms with van der Waals surface area (Å²) in [5.41, 5.74) is 0.992. The number of aromatic hydroxyl groups is 1. The first-order valence-corrected chi connectivity index (χ1v) is 6.47. The van der Waals surface area contributed by atoms with Crippen LogP contribution in [0.25, 0.3) is 11.1 Å². The summed E-state index contributed by atoms with van der Waals surface area (Å²) in [5.74, 6) is -1.48. The Labute approximate surface area is 129 Å². The lowest BCUT2D eigenvalue weighted by Gasteiger charge is -2.11. The molecule has 1 aromatic heterocycles. The Bertz CT molecular complexity index is 711. The van der Waals surface area contributed by atoms with Gasteiger partial charge in [0, 0.05) is 25.9 Å². The minimum absolute atomic E-state index is 0.0360. The number of hydrogen-bond acceptors (Lipinski definition) is 4. The molecule has 0 bridgehead atoms. The van der Waals surface area contributed by atoms with Crippen molar-refractivity contribution < 1.29 is 27.8 Å². The molecule has 0 atom stereocenters. The van der Waals surface area contributed by atoms with Crippen LogP contribution in [-0.4, -0.2) is 46.2 Å². The van der Waals surface area contributed by atoms with Crippen LogP contribution in [0.15, 0.2) is 30.6 Å². The van der Waals surface area contributed by atoms with E-state index in [-0.39, 0.29) is 12.5 Å². The Morgan fingerprint density at radius 1 is 1.35 bits per heavy atom. The van der Waals surface area contributed by atoms with Gasteiger partial charge in [0.2, 0.25) is 5.91 Å². The van der Waals surface area contributed by atoms with Gasteiger partial charge in [-0.1, -0.05) is 6.07 Å². The molecule has 6 nitrogen and oxygen atoms in total. The monoisotopic (exact) mass is 329 g/mol. The van der Waals surface area contributed by atoms with Crippen molar-refractivity contribution in [3.63, 3.8) is 0 Å². The van der Waals surface area contributed by atoms with E-state index in [0.717, 1.165) is 12.1 Å². The average molecular weight is 329 g/mol. The number of halogens is 3. The molecule has 9 heteroatoms. The lowest BCUT2D eigenvalue weighted by Crippen LogP contribution is -2.26. The zero-order valence-electron chi connectivity index (χ0n) is 12.3. The minimum atomic E-state index is -4.88. The SMILES string of the molecule is CN(C)C(=O)Cn1cc(-c2ccc(OC(F)(F)F)c(O)c2)cn1. The molecule has 2 aromatic rings. The van der Waals surface area contributed by atoms with Gasteiger partial charge in [0.05, 0.1) is 6.20 Å². The highest BCUT2D eigenvalue weighted by Crippen LogP contribution is 2.34. The number of hydrogen-bond donors (Lipinski definition) is 1. The Morgan fingerprint density at radius 3 is 2.61 bits per heavy atom. The van der Waals surface area contributed by atoms with Gasteiger partial charge in [-0.25, -0.2) is 0 Å². The summed E-state index contributed by atoms with van der Waals surface area (Å²) in [5, 5.41) is 13.6. The number of aromatic nitrogens is 2. The van der Waals surface area contributed by atoms with Crippen molar-refractivity contribution in [2.45, 2.75) is 12.9 Å². The van der Waals surface area contributed by atoms with Crippen LogP contribution in [0.1, 0.15) is 0 Å². The molecule has 124 valence electrons. The van der Waals surface area contributed by atoms with Crippen LogP contribution in [0.4, 0.5) is 13.2 Å². The lowest BCUT2D eigenvalue weighted by atomic mass is 10.1. The molecule has 1 N–H and O–H groups in total. The largest absolute Gasteiger partial charge is 0.573 e. The van der Waals surface area contributed by atoms with Gasteiger partial charge in [-0.15, -0.1) is 13.2 Å². The Morgan fingerprint density at radius 2 is 2.04 bits per heavy atom. The highest BCUT2D eigenvalue weighted by molar-refractivity contribution is 5.75. The molecule has 0 radical (unpaired) electrons. The topological polar surface area (TPSA) is 67.6 Å². The van der Waals surface area contributed by atoms with Crippen molar-refractivity contribution in [3.8, 4) is 22.6 Å². The summed E-state index contributed by atoms with van der Waals surface area (Å²) in [6.07, 6.45) is -1.88. The predicted molar refractivity (Wildman–Crippen MR) is 74.7 cm³/mol. The van der Waals surface area contributed by atoms with Gasteiger partial charge in [-0.3, -0.25) is 9.48 Å². The summed E-state index contributed by atoms with van der Waals surface area (Å²) >= 11 is 0. The van der Waals surface area contributed by atoms with Crippen molar-refractivity contribution in [1.29, 1.82) is 0 Å². The Hall–Kier alpha value is -2.71. The van der Waals surface area contributed by atoms with Gasteiger partial charge in [-0.05, 0) is 17.7 Å². The molecule has 1 amide bonds. The number of carbonyl (C=O) groups excluding carboxylic acids is 1. The molecule has 23 heavy (non-hydrogen) atoms. The van der Waals surface area contributed by atoms with Crippen LogP contribution in [0, 0.1) is 0 Å². The van der Waals surface area contributed by atoms with E-state index in [1.165, 1.54) is 21.8 Å². The number of carbonyl (C=O) groups is 1. The third-order valence-electron chi connectivity index (χ3n) is 2.95. The molecular weight excluding hydrogens is 315 g/mol. The van der Waals surface area contributed by atoms with Gasteiger partial charge >= 0.3 is 6.36 Å². The molecular formula is C14H14F3N3O3. The smallest absolute Gasteiger partial charge is 0.504 e.